The van der Waals surface area contributed by atoms with Crippen LogP contribution in [0.3, 0.4) is 0 Å². The van der Waals surface area contributed by atoms with Crippen LogP contribution in [0.25, 0.3) is 0 Å². The molecule has 2 N–H and O–H groups in total. The summed E-state index contributed by atoms with van der Waals surface area (Å²) in [5.74, 6) is 3.81. The molecule has 4 aliphatic carbocycles. The lowest BCUT2D eigenvalue weighted by atomic mass is 9.43. The van der Waals surface area contributed by atoms with E-state index in [2.05, 4.69) is 20.8 Å². The number of nitrogens with zero attached hydrogens (tertiary/aromatic N) is 1. The second-order valence-corrected chi connectivity index (χ2v) is 12.2. The molecule has 0 spiro atoms. The van der Waals surface area contributed by atoms with E-state index >= 15 is 0 Å². The standard InChI is InChI=1S/C26H45NO3/c1-16(6-11-24(30)27(4)5)20-9-10-21-19-8-7-17-14-18(28)12-13-25(17,2)22(19)15-23(29)26(20,21)3/h16-23,28-29H,6-15H2,1-5H3/t16-,17-,18-,19+,20-,21+,22?,23+,25+,26-/m1/s1. The molecule has 0 aliphatic heterocycles. The van der Waals surface area contributed by atoms with Gasteiger partial charge >= 0.3 is 0 Å². The molecule has 0 heterocycles. The number of aliphatic hydroxyl groups excluding tert-OH is 2. The average molecular weight is 420 g/mol. The zero-order valence-electron chi connectivity index (χ0n) is 19.9. The summed E-state index contributed by atoms with van der Waals surface area (Å²) in [5, 5.41) is 21.8. The van der Waals surface area contributed by atoms with Crippen LogP contribution in [0.5, 0.6) is 0 Å². The molecule has 172 valence electrons. The van der Waals surface area contributed by atoms with Gasteiger partial charge in [0, 0.05) is 20.5 Å². The Morgan fingerprint density at radius 2 is 1.77 bits per heavy atom. The Hall–Kier alpha value is -0.610. The van der Waals surface area contributed by atoms with Gasteiger partial charge in [0.15, 0.2) is 0 Å². The summed E-state index contributed by atoms with van der Waals surface area (Å²) in [6.07, 6.45) is 10.2. The molecule has 0 saturated heterocycles. The lowest BCUT2D eigenvalue weighted by Crippen LogP contribution is -2.58. The van der Waals surface area contributed by atoms with Crippen molar-refractivity contribution in [3.8, 4) is 0 Å². The van der Waals surface area contributed by atoms with Gasteiger partial charge in [-0.15, -0.1) is 0 Å². The van der Waals surface area contributed by atoms with Crippen molar-refractivity contribution in [2.45, 2.75) is 97.2 Å². The monoisotopic (exact) mass is 419 g/mol. The number of amides is 1. The number of carbonyl (C=O) groups excluding carboxylic acids is 1. The second-order valence-electron chi connectivity index (χ2n) is 12.2. The fraction of sp³-hybridized carbons (Fsp3) is 0.962. The van der Waals surface area contributed by atoms with Gasteiger partial charge in [-0.1, -0.05) is 20.8 Å². The van der Waals surface area contributed by atoms with Crippen LogP contribution >= 0.6 is 0 Å². The minimum atomic E-state index is -0.231. The first-order valence-corrected chi connectivity index (χ1v) is 12.6. The zero-order chi connectivity index (χ0) is 21.8. The first kappa shape index (κ1) is 22.6. The zero-order valence-corrected chi connectivity index (χ0v) is 19.9. The van der Waals surface area contributed by atoms with Crippen LogP contribution in [0.1, 0.15) is 85.0 Å². The summed E-state index contributed by atoms with van der Waals surface area (Å²) in [6.45, 7) is 7.19. The maximum atomic E-state index is 12.1. The third-order valence-electron chi connectivity index (χ3n) is 10.8. The molecule has 30 heavy (non-hydrogen) atoms. The maximum Gasteiger partial charge on any atom is 0.222 e. The Bertz CT molecular complexity index is 650. The van der Waals surface area contributed by atoms with Crippen molar-refractivity contribution in [3.05, 3.63) is 0 Å². The van der Waals surface area contributed by atoms with Crippen molar-refractivity contribution >= 4 is 5.91 Å². The minimum absolute atomic E-state index is 0.000868. The van der Waals surface area contributed by atoms with Crippen molar-refractivity contribution in [1.82, 2.24) is 4.90 Å². The quantitative estimate of drug-likeness (QED) is 0.706. The molecule has 4 heteroatoms. The lowest BCUT2D eigenvalue weighted by molar-refractivity contribution is -0.175. The van der Waals surface area contributed by atoms with Gasteiger partial charge in [0.05, 0.1) is 12.2 Å². The molecule has 4 rings (SSSR count). The van der Waals surface area contributed by atoms with Gasteiger partial charge in [-0.2, -0.15) is 0 Å². The third-order valence-corrected chi connectivity index (χ3v) is 10.8. The molecular formula is C26H45NO3. The van der Waals surface area contributed by atoms with Crippen LogP contribution in [-0.4, -0.2) is 47.3 Å². The highest BCUT2D eigenvalue weighted by atomic mass is 16.3. The third kappa shape index (κ3) is 3.45. The molecule has 0 aromatic carbocycles. The molecule has 0 aromatic rings. The highest BCUT2D eigenvalue weighted by molar-refractivity contribution is 5.75. The van der Waals surface area contributed by atoms with Crippen molar-refractivity contribution in [1.29, 1.82) is 0 Å². The number of aliphatic hydroxyl groups is 2. The SMILES string of the molecule is C[C@H](CCC(=O)N(C)C)[C@H]1CC[C@H]2[C@@H]3CC[C@@H]4C[C@H](O)CC[C@]4(C)C3C[C@H](O)[C@]12C. The van der Waals surface area contributed by atoms with E-state index in [9.17, 15) is 15.0 Å². The molecule has 4 aliphatic rings. The first-order valence-electron chi connectivity index (χ1n) is 12.6. The molecular weight excluding hydrogens is 374 g/mol. The normalized spacial score (nSPS) is 49.0. The average Bonchev–Trinajstić information content (AvgIpc) is 3.06. The van der Waals surface area contributed by atoms with Gasteiger partial charge in [0.2, 0.25) is 5.91 Å². The number of rotatable bonds is 4. The summed E-state index contributed by atoms with van der Waals surface area (Å²) < 4.78 is 0. The van der Waals surface area contributed by atoms with Gasteiger partial charge in [-0.05, 0) is 104 Å². The predicted octanol–water partition coefficient (Wildman–Crippen LogP) is 4.48. The van der Waals surface area contributed by atoms with Crippen molar-refractivity contribution in [2.24, 2.45) is 46.3 Å². The molecule has 4 fully saturated rings. The first-order chi connectivity index (χ1) is 14.1. The van der Waals surface area contributed by atoms with Crippen LogP contribution in [0.2, 0.25) is 0 Å². The van der Waals surface area contributed by atoms with E-state index in [4.69, 9.17) is 0 Å². The number of hydrogen-bond donors (Lipinski definition) is 2. The topological polar surface area (TPSA) is 60.8 Å². The largest absolute Gasteiger partial charge is 0.393 e. The van der Waals surface area contributed by atoms with E-state index in [0.717, 1.165) is 38.0 Å². The Labute approximate surface area is 183 Å². The molecule has 0 radical (unpaired) electrons. The molecule has 1 amide bonds. The molecule has 0 bridgehead atoms. The predicted molar refractivity (Wildman–Crippen MR) is 120 cm³/mol. The maximum absolute atomic E-state index is 12.1. The van der Waals surface area contributed by atoms with Crippen LogP contribution in [-0.2, 0) is 4.79 Å². The Morgan fingerprint density at radius 1 is 1.03 bits per heavy atom. The summed E-state index contributed by atoms with van der Waals surface area (Å²) in [6, 6.07) is 0. The van der Waals surface area contributed by atoms with E-state index in [-0.39, 0.29) is 23.5 Å². The Balaban J connectivity index is 1.52. The minimum Gasteiger partial charge on any atom is -0.393 e. The Kier molecular flexibility index (Phi) is 6.07. The molecule has 1 unspecified atom stereocenters. The summed E-state index contributed by atoms with van der Waals surface area (Å²) >= 11 is 0. The number of fused-ring (bicyclic) bond motifs is 5. The molecule has 4 saturated carbocycles. The van der Waals surface area contributed by atoms with Crippen LogP contribution in [0, 0.1) is 46.3 Å². The lowest BCUT2D eigenvalue weighted by Gasteiger charge is -2.62. The van der Waals surface area contributed by atoms with Crippen LogP contribution in [0.4, 0.5) is 0 Å². The fourth-order valence-electron chi connectivity index (χ4n) is 8.94. The highest BCUT2D eigenvalue weighted by Crippen LogP contribution is 2.68. The van der Waals surface area contributed by atoms with Gasteiger partial charge < -0.3 is 15.1 Å². The number of hydrogen-bond acceptors (Lipinski definition) is 3. The highest BCUT2D eigenvalue weighted by Gasteiger charge is 2.63. The van der Waals surface area contributed by atoms with Crippen molar-refractivity contribution in [2.75, 3.05) is 14.1 Å². The van der Waals surface area contributed by atoms with Crippen molar-refractivity contribution < 1.29 is 15.0 Å². The van der Waals surface area contributed by atoms with E-state index in [1.165, 1.54) is 25.7 Å². The molecule has 4 nitrogen and oxygen atoms in total. The van der Waals surface area contributed by atoms with Gasteiger partial charge in [-0.3, -0.25) is 4.79 Å². The van der Waals surface area contributed by atoms with Crippen molar-refractivity contribution in [3.63, 3.8) is 0 Å². The van der Waals surface area contributed by atoms with Crippen LogP contribution in [0.15, 0.2) is 0 Å². The van der Waals surface area contributed by atoms with Gasteiger partial charge in [0.25, 0.3) is 0 Å². The Morgan fingerprint density at radius 3 is 2.47 bits per heavy atom. The second kappa shape index (κ2) is 8.06. The number of carbonyl (C=O) groups is 1. The van der Waals surface area contributed by atoms with Crippen LogP contribution < -0.4 is 0 Å². The smallest absolute Gasteiger partial charge is 0.222 e. The van der Waals surface area contributed by atoms with E-state index < -0.39 is 0 Å². The van der Waals surface area contributed by atoms with E-state index in [1.54, 1.807) is 4.90 Å². The van der Waals surface area contributed by atoms with E-state index in [1.807, 2.05) is 14.1 Å². The molecule has 0 aromatic heterocycles. The summed E-state index contributed by atoms with van der Waals surface area (Å²) in [7, 11) is 3.68. The fourth-order valence-corrected chi connectivity index (χ4v) is 8.94. The summed E-state index contributed by atoms with van der Waals surface area (Å²) in [5.41, 5.74) is 0.297. The summed E-state index contributed by atoms with van der Waals surface area (Å²) in [4.78, 5) is 13.8. The van der Waals surface area contributed by atoms with Gasteiger partial charge in [0.1, 0.15) is 0 Å². The molecule has 10 atom stereocenters. The van der Waals surface area contributed by atoms with E-state index in [0.29, 0.717) is 41.4 Å². The van der Waals surface area contributed by atoms with Gasteiger partial charge in [-0.25, -0.2) is 0 Å².